The van der Waals surface area contributed by atoms with E-state index in [0.29, 0.717) is 17.8 Å². The number of hydrogen-bond acceptors (Lipinski definition) is 3. The first kappa shape index (κ1) is 24.6. The van der Waals surface area contributed by atoms with Crippen LogP contribution in [0.25, 0.3) is 0 Å². The van der Waals surface area contributed by atoms with Crippen molar-refractivity contribution in [1.82, 2.24) is 4.90 Å². The van der Waals surface area contributed by atoms with E-state index in [1.54, 1.807) is 5.57 Å². The van der Waals surface area contributed by atoms with Crippen LogP contribution in [0, 0.1) is 24.7 Å². The fraction of sp³-hybridized carbons (Fsp3) is 0.643. The van der Waals surface area contributed by atoms with Crippen LogP contribution >= 0.6 is 11.8 Å². The van der Waals surface area contributed by atoms with Gasteiger partial charge in [0, 0.05) is 23.8 Å². The number of hydrogen-bond donors (Lipinski definition) is 1. The molecule has 0 aromatic heterocycles. The van der Waals surface area contributed by atoms with Crippen molar-refractivity contribution in [2.45, 2.75) is 71.4 Å². The predicted octanol–water partition coefficient (Wildman–Crippen LogP) is 6.28. The molecule has 1 aromatic carbocycles. The van der Waals surface area contributed by atoms with Crippen LogP contribution < -0.4 is 0 Å². The number of aliphatic hydroxyl groups excluding tert-OH is 1. The van der Waals surface area contributed by atoms with Gasteiger partial charge in [-0.1, -0.05) is 53.6 Å². The molecule has 0 unspecified atom stereocenters. The molecular formula is C28H43NOS. The number of thioether (sulfide) groups is 1. The zero-order valence-corrected chi connectivity index (χ0v) is 21.1. The van der Waals surface area contributed by atoms with Gasteiger partial charge in [-0.05, 0) is 90.0 Å². The van der Waals surface area contributed by atoms with Gasteiger partial charge in [0.25, 0.3) is 0 Å². The van der Waals surface area contributed by atoms with E-state index in [4.69, 9.17) is 0 Å². The molecule has 4 atom stereocenters. The summed E-state index contributed by atoms with van der Waals surface area (Å²) in [5.74, 6) is 3.98. The lowest BCUT2D eigenvalue weighted by molar-refractivity contribution is 0.141. The summed E-state index contributed by atoms with van der Waals surface area (Å²) < 4.78 is 0. The highest BCUT2D eigenvalue weighted by atomic mass is 32.2. The normalized spacial score (nSPS) is 26.1. The summed E-state index contributed by atoms with van der Waals surface area (Å²) in [4.78, 5) is 2.44. The maximum absolute atomic E-state index is 10.6. The molecule has 172 valence electrons. The number of benzene rings is 1. The fourth-order valence-corrected chi connectivity index (χ4v) is 6.02. The van der Waals surface area contributed by atoms with Crippen molar-refractivity contribution in [2.24, 2.45) is 17.8 Å². The molecule has 0 aliphatic heterocycles. The molecule has 1 saturated carbocycles. The summed E-state index contributed by atoms with van der Waals surface area (Å²) in [6, 6.07) is 8.79. The minimum atomic E-state index is -0.162. The van der Waals surface area contributed by atoms with Crippen LogP contribution in [0.2, 0.25) is 0 Å². The van der Waals surface area contributed by atoms with Gasteiger partial charge in [0.2, 0.25) is 0 Å². The molecule has 0 bridgehead atoms. The van der Waals surface area contributed by atoms with Gasteiger partial charge in [-0.15, -0.1) is 0 Å². The summed E-state index contributed by atoms with van der Waals surface area (Å²) >= 11 is 2.08. The number of nitrogens with zero attached hydrogens (tertiary/aromatic N) is 1. The molecule has 3 heteroatoms. The van der Waals surface area contributed by atoms with Gasteiger partial charge in [-0.3, -0.25) is 0 Å². The molecule has 1 aromatic rings. The molecule has 31 heavy (non-hydrogen) atoms. The first-order valence-electron chi connectivity index (χ1n) is 12.1. The lowest BCUT2D eigenvalue weighted by Crippen LogP contribution is -2.39. The molecule has 1 fully saturated rings. The Balaban J connectivity index is 1.38. The van der Waals surface area contributed by atoms with Crippen molar-refractivity contribution < 1.29 is 5.11 Å². The summed E-state index contributed by atoms with van der Waals surface area (Å²) in [6.07, 6.45) is 12.5. The van der Waals surface area contributed by atoms with Crippen LogP contribution in [0.1, 0.15) is 57.6 Å². The summed E-state index contributed by atoms with van der Waals surface area (Å²) in [6.45, 7) is 10.1. The van der Waals surface area contributed by atoms with Gasteiger partial charge in [-0.25, -0.2) is 0 Å². The van der Waals surface area contributed by atoms with E-state index in [2.05, 4.69) is 93.9 Å². The van der Waals surface area contributed by atoms with Gasteiger partial charge in [0.15, 0.2) is 0 Å². The monoisotopic (exact) mass is 441 g/mol. The van der Waals surface area contributed by atoms with E-state index in [1.807, 2.05) is 0 Å². The molecule has 3 rings (SSSR count). The predicted molar refractivity (Wildman–Crippen MR) is 137 cm³/mol. The Morgan fingerprint density at radius 3 is 2.74 bits per heavy atom. The first-order valence-corrected chi connectivity index (χ1v) is 13.3. The summed E-state index contributed by atoms with van der Waals surface area (Å²) in [5.41, 5.74) is 4.64. The standard InChI is InChI=1S/C28H43NOS/c1-21-9-8-11-22(17-21)10-6-7-12-25-26-19-23(18-24(26)20-27(25)30)13-15-31-16-14-29(5)28(2,3)4/h7-9,11-12,17-18,24-27,30H,6,10,13-16,19-20H2,1-5H3/b12-7+/t24-,25+,26-,27+/m0/s1. The average molecular weight is 442 g/mol. The third-order valence-corrected chi connectivity index (χ3v) is 8.24. The fourth-order valence-electron chi connectivity index (χ4n) is 5.00. The smallest absolute Gasteiger partial charge is 0.0611 e. The van der Waals surface area contributed by atoms with Crippen molar-refractivity contribution in [1.29, 1.82) is 0 Å². The number of fused-ring (bicyclic) bond motifs is 1. The largest absolute Gasteiger partial charge is 0.392 e. The van der Waals surface area contributed by atoms with Crippen molar-refractivity contribution in [2.75, 3.05) is 25.1 Å². The summed E-state index contributed by atoms with van der Waals surface area (Å²) in [5, 5.41) is 10.6. The molecule has 0 saturated heterocycles. The molecule has 2 aliphatic carbocycles. The van der Waals surface area contributed by atoms with E-state index >= 15 is 0 Å². The van der Waals surface area contributed by atoms with E-state index < -0.39 is 0 Å². The second-order valence-electron chi connectivity index (χ2n) is 10.6. The zero-order chi connectivity index (χ0) is 22.4. The lowest BCUT2D eigenvalue weighted by Gasteiger charge is -2.31. The van der Waals surface area contributed by atoms with Crippen LogP contribution in [0.4, 0.5) is 0 Å². The maximum atomic E-state index is 10.6. The number of allylic oxidation sites excluding steroid dienone is 3. The van der Waals surface area contributed by atoms with Gasteiger partial charge < -0.3 is 10.0 Å². The Kier molecular flexibility index (Phi) is 8.90. The molecule has 0 amide bonds. The number of aliphatic hydroxyl groups is 1. The SMILES string of the molecule is Cc1cccc(CC/C=C/[C@@H]2[C@H]3CC(CCSCCN(C)C(C)(C)C)=C[C@H]3C[C@H]2O)c1. The molecule has 2 nitrogen and oxygen atoms in total. The molecule has 0 heterocycles. The molecule has 0 spiro atoms. The highest BCUT2D eigenvalue weighted by Crippen LogP contribution is 2.48. The third-order valence-electron chi connectivity index (χ3n) is 7.27. The topological polar surface area (TPSA) is 23.5 Å². The van der Waals surface area contributed by atoms with Crippen molar-refractivity contribution in [3.8, 4) is 0 Å². The Morgan fingerprint density at radius 1 is 1.19 bits per heavy atom. The highest BCUT2D eigenvalue weighted by molar-refractivity contribution is 7.99. The van der Waals surface area contributed by atoms with E-state index in [1.165, 1.54) is 35.5 Å². The van der Waals surface area contributed by atoms with Gasteiger partial charge >= 0.3 is 0 Å². The maximum Gasteiger partial charge on any atom is 0.0611 e. The minimum Gasteiger partial charge on any atom is -0.392 e. The average Bonchev–Trinajstić information content (AvgIpc) is 3.21. The Labute approximate surface area is 195 Å². The Hall–Kier alpha value is -1.03. The molecule has 1 N–H and O–H groups in total. The molecule has 0 radical (unpaired) electrons. The van der Waals surface area contributed by atoms with Gasteiger partial charge in [-0.2, -0.15) is 11.8 Å². The molecular weight excluding hydrogens is 398 g/mol. The van der Waals surface area contributed by atoms with Gasteiger partial charge in [0.05, 0.1) is 6.10 Å². The lowest BCUT2D eigenvalue weighted by atomic mass is 9.89. The van der Waals surface area contributed by atoms with Crippen LogP contribution in [0.15, 0.2) is 48.1 Å². The zero-order valence-electron chi connectivity index (χ0n) is 20.3. The van der Waals surface area contributed by atoms with E-state index in [-0.39, 0.29) is 11.6 Å². The van der Waals surface area contributed by atoms with E-state index in [9.17, 15) is 5.11 Å². The third kappa shape index (κ3) is 7.23. The quantitative estimate of drug-likeness (QED) is 0.341. The van der Waals surface area contributed by atoms with Crippen molar-refractivity contribution in [3.63, 3.8) is 0 Å². The van der Waals surface area contributed by atoms with E-state index in [0.717, 1.165) is 25.8 Å². The molecule has 2 aliphatic rings. The minimum absolute atomic E-state index is 0.162. The van der Waals surface area contributed by atoms with Crippen LogP contribution in [0.5, 0.6) is 0 Å². The van der Waals surface area contributed by atoms with Crippen molar-refractivity contribution in [3.05, 3.63) is 59.2 Å². The second-order valence-corrected chi connectivity index (χ2v) is 11.9. The van der Waals surface area contributed by atoms with Gasteiger partial charge in [0.1, 0.15) is 0 Å². The van der Waals surface area contributed by atoms with Crippen molar-refractivity contribution >= 4 is 11.8 Å². The van der Waals surface area contributed by atoms with Crippen LogP contribution in [-0.2, 0) is 6.42 Å². The number of aryl methyl sites for hydroxylation is 2. The Morgan fingerprint density at radius 2 is 2.00 bits per heavy atom. The Bertz CT molecular complexity index is 763. The summed E-state index contributed by atoms with van der Waals surface area (Å²) in [7, 11) is 2.22. The van der Waals surface area contributed by atoms with Crippen LogP contribution in [0.3, 0.4) is 0 Å². The van der Waals surface area contributed by atoms with Crippen LogP contribution in [-0.4, -0.2) is 46.7 Å². The first-order chi connectivity index (χ1) is 14.7. The highest BCUT2D eigenvalue weighted by Gasteiger charge is 2.43. The second kappa shape index (κ2) is 11.2. The number of rotatable bonds is 10.